The molecule has 0 spiro atoms. The van der Waals surface area contributed by atoms with Gasteiger partial charge >= 0.3 is 0 Å². The van der Waals surface area contributed by atoms with Gasteiger partial charge in [-0.05, 0) is 82.3 Å². The van der Waals surface area contributed by atoms with Crippen molar-refractivity contribution in [1.82, 2.24) is 0 Å². The molecule has 4 aromatic rings. The number of hydrogen-bond acceptors (Lipinski definition) is 4. The molecular formula is C30H30O4. The van der Waals surface area contributed by atoms with Crippen LogP contribution in [0, 0.1) is 0 Å². The van der Waals surface area contributed by atoms with Crippen LogP contribution in [0.25, 0.3) is 21.9 Å². The molecule has 3 atom stereocenters. The predicted octanol–water partition coefficient (Wildman–Crippen LogP) is 6.35. The van der Waals surface area contributed by atoms with Crippen LogP contribution in [0.3, 0.4) is 0 Å². The first-order chi connectivity index (χ1) is 16.6. The summed E-state index contributed by atoms with van der Waals surface area (Å²) in [5.74, 6) is 0.781. The summed E-state index contributed by atoms with van der Waals surface area (Å²) in [6, 6.07) is 28.7. The third-order valence-electron chi connectivity index (χ3n) is 6.50. The van der Waals surface area contributed by atoms with Gasteiger partial charge in [0.05, 0.1) is 18.3 Å². The number of aliphatic hydroxyl groups is 2. The smallest absolute Gasteiger partial charge is 0.120 e. The number of rotatable bonds is 6. The number of aliphatic hydroxyl groups excluding tert-OH is 2. The second kappa shape index (κ2) is 9.98. The van der Waals surface area contributed by atoms with E-state index in [0.717, 1.165) is 44.3 Å². The van der Waals surface area contributed by atoms with E-state index in [0.29, 0.717) is 26.1 Å². The second-order valence-corrected chi connectivity index (χ2v) is 9.06. The Kier molecular flexibility index (Phi) is 6.63. The van der Waals surface area contributed by atoms with Crippen LogP contribution in [0.15, 0.2) is 84.9 Å². The monoisotopic (exact) mass is 454 g/mol. The minimum Gasteiger partial charge on any atom is -0.489 e. The van der Waals surface area contributed by atoms with E-state index in [-0.39, 0.29) is 12.2 Å². The first kappa shape index (κ1) is 22.6. The predicted molar refractivity (Wildman–Crippen MR) is 135 cm³/mol. The third kappa shape index (κ3) is 5.00. The van der Waals surface area contributed by atoms with E-state index >= 15 is 0 Å². The van der Waals surface area contributed by atoms with E-state index in [1.54, 1.807) is 6.92 Å². The van der Waals surface area contributed by atoms with Gasteiger partial charge in [0, 0.05) is 13.0 Å². The van der Waals surface area contributed by atoms with Crippen LogP contribution in [0.2, 0.25) is 0 Å². The van der Waals surface area contributed by atoms with Gasteiger partial charge in [0.2, 0.25) is 0 Å². The van der Waals surface area contributed by atoms with Crippen LogP contribution in [-0.4, -0.2) is 22.9 Å². The molecule has 1 saturated heterocycles. The molecule has 0 radical (unpaired) electrons. The largest absolute Gasteiger partial charge is 0.489 e. The van der Waals surface area contributed by atoms with E-state index in [2.05, 4.69) is 30.3 Å². The van der Waals surface area contributed by atoms with Crippen LogP contribution in [-0.2, 0) is 11.3 Å². The summed E-state index contributed by atoms with van der Waals surface area (Å²) in [6.45, 7) is 2.82. The van der Waals surface area contributed by atoms with Gasteiger partial charge < -0.3 is 19.7 Å². The molecule has 4 nitrogen and oxygen atoms in total. The van der Waals surface area contributed by atoms with Gasteiger partial charge in [0.15, 0.2) is 0 Å². The van der Waals surface area contributed by atoms with Crippen LogP contribution in [0.1, 0.15) is 48.7 Å². The Morgan fingerprint density at radius 1 is 0.971 bits per heavy atom. The minimum atomic E-state index is -0.556. The van der Waals surface area contributed by atoms with Crippen molar-refractivity contribution in [3.8, 4) is 16.9 Å². The molecule has 0 amide bonds. The molecule has 1 aliphatic heterocycles. The zero-order chi connectivity index (χ0) is 23.5. The van der Waals surface area contributed by atoms with Crippen molar-refractivity contribution < 1.29 is 19.7 Å². The van der Waals surface area contributed by atoms with Crippen molar-refractivity contribution >= 4 is 10.8 Å². The van der Waals surface area contributed by atoms with Gasteiger partial charge in [-0.25, -0.2) is 0 Å². The first-order valence-electron chi connectivity index (χ1n) is 11.9. The number of ether oxygens (including phenoxy) is 2. The third-order valence-corrected chi connectivity index (χ3v) is 6.50. The average molecular weight is 455 g/mol. The highest BCUT2D eigenvalue weighted by molar-refractivity contribution is 5.98. The molecule has 1 fully saturated rings. The fraction of sp³-hybridized carbons (Fsp3) is 0.267. The lowest BCUT2D eigenvalue weighted by Crippen LogP contribution is -2.23. The molecule has 4 heteroatoms. The molecule has 3 unspecified atom stereocenters. The highest BCUT2D eigenvalue weighted by atomic mass is 16.5. The summed E-state index contributed by atoms with van der Waals surface area (Å²) in [6.07, 6.45) is 0.400. The number of benzene rings is 4. The van der Waals surface area contributed by atoms with Crippen molar-refractivity contribution in [3.05, 3.63) is 102 Å². The van der Waals surface area contributed by atoms with Crippen molar-refractivity contribution in [1.29, 1.82) is 0 Å². The Labute approximate surface area is 200 Å². The summed E-state index contributed by atoms with van der Waals surface area (Å²) < 4.78 is 12.0. The first-order valence-corrected chi connectivity index (χ1v) is 11.9. The SMILES string of the molecule is CC(O)c1cc(-c2ccccc2)c2ccc(OCc3cccc(C4CC(O)CCO4)c3)cc2c1. The van der Waals surface area contributed by atoms with E-state index in [1.165, 1.54) is 0 Å². The molecule has 174 valence electrons. The van der Waals surface area contributed by atoms with Crippen LogP contribution >= 0.6 is 0 Å². The summed E-state index contributed by atoms with van der Waals surface area (Å²) in [7, 11) is 0. The summed E-state index contributed by atoms with van der Waals surface area (Å²) in [5.41, 5.74) is 5.24. The molecule has 0 aliphatic carbocycles. The maximum atomic E-state index is 10.3. The molecular weight excluding hydrogens is 424 g/mol. The molecule has 4 aromatic carbocycles. The normalized spacial score (nSPS) is 19.1. The van der Waals surface area contributed by atoms with Gasteiger partial charge in [0.25, 0.3) is 0 Å². The fourth-order valence-corrected chi connectivity index (χ4v) is 4.62. The van der Waals surface area contributed by atoms with E-state index < -0.39 is 6.10 Å². The van der Waals surface area contributed by atoms with Gasteiger partial charge in [0.1, 0.15) is 12.4 Å². The van der Waals surface area contributed by atoms with Crippen molar-refractivity contribution in [2.45, 2.75) is 44.7 Å². The standard InChI is InChI=1S/C30H30O4/c1-20(31)24-15-25-16-27(10-11-28(25)29(17-24)22-7-3-2-4-8-22)34-19-21-6-5-9-23(14-21)30-18-26(32)12-13-33-30/h2-11,14-17,20,26,30-32H,12-13,18-19H2,1H3. The number of hydrogen-bond donors (Lipinski definition) is 2. The maximum Gasteiger partial charge on any atom is 0.120 e. The topological polar surface area (TPSA) is 58.9 Å². The molecule has 0 bridgehead atoms. The minimum absolute atomic E-state index is 0.0698. The lowest BCUT2D eigenvalue weighted by molar-refractivity contribution is -0.0448. The quantitative estimate of drug-likeness (QED) is 0.356. The van der Waals surface area contributed by atoms with Gasteiger partial charge in [-0.15, -0.1) is 0 Å². The van der Waals surface area contributed by atoms with Crippen molar-refractivity contribution in [3.63, 3.8) is 0 Å². The highest BCUT2D eigenvalue weighted by Crippen LogP contribution is 2.34. The Balaban J connectivity index is 1.39. The molecule has 1 aliphatic rings. The second-order valence-electron chi connectivity index (χ2n) is 9.06. The average Bonchev–Trinajstić information content (AvgIpc) is 2.87. The highest BCUT2D eigenvalue weighted by Gasteiger charge is 2.22. The van der Waals surface area contributed by atoms with Gasteiger partial charge in [-0.3, -0.25) is 0 Å². The lowest BCUT2D eigenvalue weighted by Gasteiger charge is -2.27. The molecule has 5 rings (SSSR count). The molecule has 34 heavy (non-hydrogen) atoms. The van der Waals surface area contributed by atoms with Gasteiger partial charge in [-0.2, -0.15) is 0 Å². The summed E-state index contributed by atoms with van der Waals surface area (Å²) in [5, 5.41) is 22.4. The zero-order valence-corrected chi connectivity index (χ0v) is 19.4. The maximum absolute atomic E-state index is 10.3. The Bertz CT molecular complexity index is 1270. The van der Waals surface area contributed by atoms with E-state index in [9.17, 15) is 10.2 Å². The van der Waals surface area contributed by atoms with Crippen molar-refractivity contribution in [2.75, 3.05) is 6.61 Å². The van der Waals surface area contributed by atoms with Crippen LogP contribution < -0.4 is 4.74 Å². The Hall–Kier alpha value is -3.18. The molecule has 0 saturated carbocycles. The van der Waals surface area contributed by atoms with Crippen molar-refractivity contribution in [2.24, 2.45) is 0 Å². The number of fused-ring (bicyclic) bond motifs is 1. The lowest BCUT2D eigenvalue weighted by atomic mass is 9.94. The van der Waals surface area contributed by atoms with Crippen LogP contribution in [0.5, 0.6) is 5.75 Å². The summed E-state index contributed by atoms with van der Waals surface area (Å²) in [4.78, 5) is 0. The molecule has 2 N–H and O–H groups in total. The Morgan fingerprint density at radius 2 is 1.82 bits per heavy atom. The Morgan fingerprint density at radius 3 is 2.62 bits per heavy atom. The zero-order valence-electron chi connectivity index (χ0n) is 19.4. The van der Waals surface area contributed by atoms with E-state index in [1.807, 2.05) is 54.6 Å². The molecule has 1 heterocycles. The van der Waals surface area contributed by atoms with E-state index in [4.69, 9.17) is 9.47 Å². The fourth-order valence-electron chi connectivity index (χ4n) is 4.62. The summed E-state index contributed by atoms with van der Waals surface area (Å²) >= 11 is 0. The van der Waals surface area contributed by atoms with Gasteiger partial charge in [-0.1, -0.05) is 54.6 Å². The van der Waals surface area contributed by atoms with Crippen LogP contribution in [0.4, 0.5) is 0 Å². The molecule has 0 aromatic heterocycles.